The van der Waals surface area contributed by atoms with Crippen molar-refractivity contribution in [1.82, 2.24) is 9.97 Å². The molecule has 21 heavy (non-hydrogen) atoms. The minimum atomic E-state index is -0.554. The van der Waals surface area contributed by atoms with Crippen molar-refractivity contribution < 1.29 is 4.39 Å². The van der Waals surface area contributed by atoms with Crippen LogP contribution in [-0.2, 0) is 13.1 Å². The van der Waals surface area contributed by atoms with Gasteiger partial charge in [-0.1, -0.05) is 24.1 Å². The number of benzene rings is 1. The number of rotatable bonds is 3. The summed E-state index contributed by atoms with van der Waals surface area (Å²) in [5.74, 6) is 6.05. The molecule has 0 saturated carbocycles. The van der Waals surface area contributed by atoms with Crippen molar-refractivity contribution >= 4 is 21.6 Å². The van der Waals surface area contributed by atoms with Gasteiger partial charge >= 0.3 is 0 Å². The van der Waals surface area contributed by atoms with E-state index in [4.69, 9.17) is 0 Å². The molecular formula is C17H13FN2S. The standard InChI is InChI=1S/C17H13FN2S/c18-12-14-8-5-7-13(19-14)6-1-4-11-17-20-15-9-2-3-10-16(15)21-17/h2-3,5,7-10H,4,11-12H2. The van der Waals surface area contributed by atoms with Crippen LogP contribution in [0.1, 0.15) is 22.8 Å². The quantitative estimate of drug-likeness (QED) is 0.679. The summed E-state index contributed by atoms with van der Waals surface area (Å²) >= 11 is 1.71. The highest BCUT2D eigenvalue weighted by atomic mass is 32.1. The number of thiazole rings is 1. The number of nitrogens with zero attached hydrogens (tertiary/aromatic N) is 2. The number of hydrogen-bond acceptors (Lipinski definition) is 3. The predicted octanol–water partition coefficient (Wildman–Crippen LogP) is 4.15. The first-order valence-corrected chi connectivity index (χ1v) is 7.52. The second-order valence-electron chi connectivity index (χ2n) is 4.52. The van der Waals surface area contributed by atoms with Crippen LogP contribution in [0.5, 0.6) is 0 Å². The maximum Gasteiger partial charge on any atom is 0.131 e. The molecule has 3 aromatic rings. The summed E-state index contributed by atoms with van der Waals surface area (Å²) in [4.78, 5) is 8.68. The Bertz CT molecular complexity index is 781. The number of para-hydroxylation sites is 1. The van der Waals surface area contributed by atoms with E-state index in [0.717, 1.165) is 23.4 Å². The summed E-state index contributed by atoms with van der Waals surface area (Å²) < 4.78 is 13.7. The van der Waals surface area contributed by atoms with Crippen molar-refractivity contribution in [3.05, 3.63) is 58.9 Å². The lowest BCUT2D eigenvalue weighted by Gasteiger charge is -1.93. The first-order valence-electron chi connectivity index (χ1n) is 6.70. The molecule has 2 nitrogen and oxygen atoms in total. The van der Waals surface area contributed by atoms with Crippen LogP contribution >= 0.6 is 11.3 Å². The maximum atomic E-state index is 12.5. The van der Waals surface area contributed by atoms with Crippen LogP contribution in [0.25, 0.3) is 10.2 Å². The predicted molar refractivity (Wildman–Crippen MR) is 83.9 cm³/mol. The number of hydrogen-bond donors (Lipinski definition) is 0. The van der Waals surface area contributed by atoms with Crippen molar-refractivity contribution in [2.75, 3.05) is 0 Å². The van der Waals surface area contributed by atoms with E-state index in [-0.39, 0.29) is 0 Å². The molecule has 3 rings (SSSR count). The Morgan fingerprint density at radius 2 is 1.95 bits per heavy atom. The SMILES string of the molecule is FCc1cccc(C#CCCc2nc3ccccc3s2)n1. The highest BCUT2D eigenvalue weighted by Gasteiger charge is 2.01. The molecule has 0 aliphatic carbocycles. The van der Waals surface area contributed by atoms with E-state index < -0.39 is 6.67 Å². The lowest BCUT2D eigenvalue weighted by molar-refractivity contribution is 0.476. The lowest BCUT2D eigenvalue weighted by atomic mass is 10.2. The molecule has 2 heterocycles. The van der Waals surface area contributed by atoms with Crippen LogP contribution in [0, 0.1) is 11.8 Å². The summed E-state index contributed by atoms with van der Waals surface area (Å²) in [6, 6.07) is 13.3. The monoisotopic (exact) mass is 296 g/mol. The Hall–Kier alpha value is -2.25. The molecule has 0 bridgehead atoms. The van der Waals surface area contributed by atoms with Crippen LogP contribution in [0.2, 0.25) is 0 Å². The minimum Gasteiger partial charge on any atom is -0.244 e. The first kappa shape index (κ1) is 13.7. The topological polar surface area (TPSA) is 25.8 Å². The van der Waals surface area contributed by atoms with E-state index >= 15 is 0 Å². The van der Waals surface area contributed by atoms with Gasteiger partial charge in [0.25, 0.3) is 0 Å². The normalized spacial score (nSPS) is 10.3. The molecule has 104 valence electrons. The maximum absolute atomic E-state index is 12.5. The minimum absolute atomic E-state index is 0.424. The molecule has 0 aliphatic rings. The number of halogens is 1. The van der Waals surface area contributed by atoms with Gasteiger partial charge in [-0.3, -0.25) is 0 Å². The van der Waals surface area contributed by atoms with Crippen LogP contribution in [0.4, 0.5) is 4.39 Å². The molecule has 4 heteroatoms. The molecule has 0 atom stereocenters. The van der Waals surface area contributed by atoms with E-state index in [2.05, 4.69) is 27.9 Å². The molecule has 0 fully saturated rings. The number of aromatic nitrogens is 2. The van der Waals surface area contributed by atoms with Crippen molar-refractivity contribution in [2.45, 2.75) is 19.5 Å². The Balaban J connectivity index is 1.64. The van der Waals surface area contributed by atoms with E-state index in [1.54, 1.807) is 29.5 Å². The van der Waals surface area contributed by atoms with Gasteiger partial charge in [-0.2, -0.15) is 0 Å². The average Bonchev–Trinajstić information content (AvgIpc) is 2.94. The molecule has 0 amide bonds. The zero-order valence-corrected chi connectivity index (χ0v) is 12.2. The third-order valence-corrected chi connectivity index (χ3v) is 4.06. The summed E-state index contributed by atoms with van der Waals surface area (Å²) in [6.07, 6.45) is 1.55. The average molecular weight is 296 g/mol. The Kier molecular flexibility index (Phi) is 4.23. The van der Waals surface area contributed by atoms with Gasteiger partial charge in [0.2, 0.25) is 0 Å². The van der Waals surface area contributed by atoms with Crippen LogP contribution in [-0.4, -0.2) is 9.97 Å². The molecule has 1 aromatic carbocycles. The number of alkyl halides is 1. The summed E-state index contributed by atoms with van der Waals surface area (Å²) in [7, 11) is 0. The Morgan fingerprint density at radius 3 is 2.81 bits per heavy atom. The van der Waals surface area contributed by atoms with E-state index in [1.807, 2.05) is 18.2 Å². The zero-order chi connectivity index (χ0) is 14.5. The van der Waals surface area contributed by atoms with Crippen molar-refractivity contribution in [2.24, 2.45) is 0 Å². The Morgan fingerprint density at radius 1 is 1.05 bits per heavy atom. The van der Waals surface area contributed by atoms with Gasteiger partial charge in [-0.25, -0.2) is 14.4 Å². The van der Waals surface area contributed by atoms with Crippen LogP contribution in [0.3, 0.4) is 0 Å². The molecular weight excluding hydrogens is 283 g/mol. The van der Waals surface area contributed by atoms with Crippen LogP contribution in [0.15, 0.2) is 42.5 Å². The second-order valence-corrected chi connectivity index (χ2v) is 5.64. The largest absolute Gasteiger partial charge is 0.244 e. The molecule has 0 radical (unpaired) electrons. The van der Waals surface area contributed by atoms with Gasteiger partial charge in [-0.15, -0.1) is 11.3 Å². The van der Waals surface area contributed by atoms with Gasteiger partial charge in [0.15, 0.2) is 0 Å². The lowest BCUT2D eigenvalue weighted by Crippen LogP contribution is -1.88. The fraction of sp³-hybridized carbons (Fsp3) is 0.176. The third kappa shape index (κ3) is 3.45. The van der Waals surface area contributed by atoms with E-state index in [0.29, 0.717) is 11.4 Å². The van der Waals surface area contributed by atoms with E-state index in [1.165, 1.54) is 4.70 Å². The molecule has 0 N–H and O–H groups in total. The highest BCUT2D eigenvalue weighted by Crippen LogP contribution is 2.22. The summed E-state index contributed by atoms with van der Waals surface area (Å²) in [5.41, 5.74) is 2.09. The highest BCUT2D eigenvalue weighted by molar-refractivity contribution is 7.18. The summed E-state index contributed by atoms with van der Waals surface area (Å²) in [5, 5.41) is 1.09. The van der Waals surface area contributed by atoms with Crippen LogP contribution < -0.4 is 0 Å². The fourth-order valence-corrected chi connectivity index (χ4v) is 2.94. The molecule has 0 spiro atoms. The number of pyridine rings is 1. The molecule has 0 aliphatic heterocycles. The molecule has 2 aromatic heterocycles. The van der Waals surface area contributed by atoms with Crippen molar-refractivity contribution in [3.63, 3.8) is 0 Å². The Labute approximate surface area is 126 Å². The number of fused-ring (bicyclic) bond motifs is 1. The summed E-state index contributed by atoms with van der Waals surface area (Å²) in [6.45, 7) is -0.554. The van der Waals surface area contributed by atoms with Crippen molar-refractivity contribution in [1.29, 1.82) is 0 Å². The fourth-order valence-electron chi connectivity index (χ4n) is 1.97. The van der Waals surface area contributed by atoms with Gasteiger partial charge in [0, 0.05) is 12.8 Å². The van der Waals surface area contributed by atoms with Gasteiger partial charge in [0.05, 0.1) is 20.9 Å². The third-order valence-electron chi connectivity index (χ3n) is 2.96. The smallest absolute Gasteiger partial charge is 0.131 e. The van der Waals surface area contributed by atoms with Gasteiger partial charge < -0.3 is 0 Å². The second kappa shape index (κ2) is 6.47. The van der Waals surface area contributed by atoms with Crippen molar-refractivity contribution in [3.8, 4) is 11.8 Å². The number of aryl methyl sites for hydroxylation is 1. The first-order chi connectivity index (χ1) is 10.3. The molecule has 0 unspecified atom stereocenters. The van der Waals surface area contributed by atoms with Gasteiger partial charge in [-0.05, 0) is 30.2 Å². The van der Waals surface area contributed by atoms with E-state index in [9.17, 15) is 4.39 Å². The molecule has 0 saturated heterocycles. The zero-order valence-electron chi connectivity index (χ0n) is 11.3. The van der Waals surface area contributed by atoms with Gasteiger partial charge in [0.1, 0.15) is 12.4 Å².